The molecule has 1 aromatic carbocycles. The highest BCUT2D eigenvalue weighted by Crippen LogP contribution is 2.18. The molecular formula is C15H22N4O2. The number of hydrazine groups is 1. The van der Waals surface area contributed by atoms with Gasteiger partial charge in [-0.3, -0.25) is 19.9 Å². The van der Waals surface area contributed by atoms with Crippen molar-refractivity contribution >= 4 is 11.8 Å². The van der Waals surface area contributed by atoms with Gasteiger partial charge in [0, 0.05) is 12.6 Å². The van der Waals surface area contributed by atoms with Gasteiger partial charge in [-0.05, 0) is 31.0 Å². The Morgan fingerprint density at radius 3 is 2.52 bits per heavy atom. The maximum atomic E-state index is 11.8. The fourth-order valence-electron chi connectivity index (χ4n) is 2.20. The number of rotatable bonds is 7. The molecule has 0 spiro atoms. The fourth-order valence-corrected chi connectivity index (χ4v) is 2.20. The van der Waals surface area contributed by atoms with Crippen LogP contribution in [-0.4, -0.2) is 36.3 Å². The van der Waals surface area contributed by atoms with Crippen LogP contribution in [0.4, 0.5) is 0 Å². The lowest BCUT2D eigenvalue weighted by molar-refractivity contribution is -0.122. The summed E-state index contributed by atoms with van der Waals surface area (Å²) in [6, 6.07) is 8.07. The minimum absolute atomic E-state index is 0.0529. The Labute approximate surface area is 124 Å². The number of benzene rings is 1. The summed E-state index contributed by atoms with van der Waals surface area (Å²) in [4.78, 5) is 25.1. The molecule has 0 aromatic heterocycles. The van der Waals surface area contributed by atoms with Crippen LogP contribution in [0.5, 0.6) is 0 Å². The number of nitrogens with two attached hydrogens (primary N) is 1. The van der Waals surface area contributed by atoms with Gasteiger partial charge < -0.3 is 5.32 Å². The second-order valence-electron chi connectivity index (χ2n) is 5.53. The summed E-state index contributed by atoms with van der Waals surface area (Å²) in [5.41, 5.74) is 4.09. The van der Waals surface area contributed by atoms with Crippen molar-refractivity contribution in [2.75, 3.05) is 13.6 Å². The van der Waals surface area contributed by atoms with Crippen molar-refractivity contribution in [1.82, 2.24) is 15.6 Å². The van der Waals surface area contributed by atoms with Gasteiger partial charge in [-0.1, -0.05) is 24.3 Å². The minimum Gasteiger partial charge on any atom is -0.352 e. The van der Waals surface area contributed by atoms with Crippen molar-refractivity contribution in [2.24, 2.45) is 5.84 Å². The highest BCUT2D eigenvalue weighted by Gasteiger charge is 2.23. The number of amides is 2. The first kappa shape index (κ1) is 15.5. The van der Waals surface area contributed by atoms with E-state index >= 15 is 0 Å². The molecule has 1 saturated carbocycles. The summed E-state index contributed by atoms with van der Waals surface area (Å²) in [5.74, 6) is 4.95. The van der Waals surface area contributed by atoms with Gasteiger partial charge in [-0.2, -0.15) is 0 Å². The average molecular weight is 290 g/mol. The van der Waals surface area contributed by atoms with E-state index in [1.165, 1.54) is 0 Å². The Morgan fingerprint density at radius 1 is 1.24 bits per heavy atom. The first-order valence-electron chi connectivity index (χ1n) is 7.12. The maximum absolute atomic E-state index is 11.8. The molecule has 0 aliphatic heterocycles. The van der Waals surface area contributed by atoms with Crippen LogP contribution >= 0.6 is 0 Å². The summed E-state index contributed by atoms with van der Waals surface area (Å²) in [5, 5.41) is 2.97. The van der Waals surface area contributed by atoms with E-state index in [1.54, 1.807) is 0 Å². The second-order valence-corrected chi connectivity index (χ2v) is 5.53. The smallest absolute Gasteiger partial charge is 0.238 e. The molecule has 0 atom stereocenters. The molecule has 6 heteroatoms. The van der Waals surface area contributed by atoms with Crippen LogP contribution in [0, 0.1) is 0 Å². The summed E-state index contributed by atoms with van der Waals surface area (Å²) >= 11 is 0. The van der Waals surface area contributed by atoms with Gasteiger partial charge in [0.2, 0.25) is 11.8 Å². The normalized spacial score (nSPS) is 14.0. The molecule has 4 N–H and O–H groups in total. The van der Waals surface area contributed by atoms with E-state index in [0.717, 1.165) is 24.0 Å². The number of likely N-dealkylation sites (N-methyl/N-ethyl adjacent to an activating group) is 1. The van der Waals surface area contributed by atoms with Gasteiger partial charge in [0.25, 0.3) is 0 Å². The monoisotopic (exact) mass is 290 g/mol. The van der Waals surface area contributed by atoms with E-state index in [0.29, 0.717) is 19.1 Å². The van der Waals surface area contributed by atoms with E-state index in [4.69, 9.17) is 5.84 Å². The van der Waals surface area contributed by atoms with E-state index in [2.05, 4.69) is 10.7 Å². The lowest BCUT2D eigenvalue weighted by Crippen LogP contribution is -2.36. The van der Waals surface area contributed by atoms with Crippen LogP contribution in [-0.2, 0) is 22.6 Å². The van der Waals surface area contributed by atoms with Gasteiger partial charge in [0.05, 0.1) is 13.0 Å². The Hall–Kier alpha value is -1.92. The molecule has 6 nitrogen and oxygen atoms in total. The molecule has 1 aliphatic rings. The number of nitrogens with one attached hydrogen (secondary N) is 2. The van der Waals surface area contributed by atoms with Crippen molar-refractivity contribution in [2.45, 2.75) is 31.8 Å². The van der Waals surface area contributed by atoms with Crippen LogP contribution in [0.2, 0.25) is 0 Å². The first-order chi connectivity index (χ1) is 10.1. The largest absolute Gasteiger partial charge is 0.352 e. The third kappa shape index (κ3) is 5.17. The molecule has 0 bridgehead atoms. The second kappa shape index (κ2) is 7.19. The standard InChI is InChI=1S/C15H22N4O2/c1-19(10-15(21)17-13-6-7-13)9-12-5-3-2-4-11(12)8-14(20)18-16/h2-5,13H,6-10,16H2,1H3,(H,17,21)(H,18,20). The van der Waals surface area contributed by atoms with Crippen LogP contribution in [0.25, 0.3) is 0 Å². The van der Waals surface area contributed by atoms with Gasteiger partial charge >= 0.3 is 0 Å². The topological polar surface area (TPSA) is 87.5 Å². The molecular weight excluding hydrogens is 268 g/mol. The van der Waals surface area contributed by atoms with Crippen molar-refractivity contribution in [3.05, 3.63) is 35.4 Å². The third-order valence-corrected chi connectivity index (χ3v) is 3.43. The SMILES string of the molecule is CN(CC(=O)NC1CC1)Cc1ccccc1CC(=O)NN. The van der Waals surface area contributed by atoms with E-state index in [9.17, 15) is 9.59 Å². The molecule has 0 unspecified atom stereocenters. The number of hydrogen-bond donors (Lipinski definition) is 3. The predicted octanol–water partition coefficient (Wildman–Crippen LogP) is -0.0706. The predicted molar refractivity (Wildman–Crippen MR) is 80.0 cm³/mol. The number of nitrogens with zero attached hydrogens (tertiary/aromatic N) is 1. The summed E-state index contributed by atoms with van der Waals surface area (Å²) in [6.45, 7) is 0.972. The molecule has 114 valence electrons. The zero-order valence-corrected chi connectivity index (χ0v) is 12.3. The number of carbonyl (C=O) groups is 2. The van der Waals surface area contributed by atoms with E-state index in [-0.39, 0.29) is 18.2 Å². The van der Waals surface area contributed by atoms with Crippen molar-refractivity contribution in [3.8, 4) is 0 Å². The zero-order valence-electron chi connectivity index (χ0n) is 12.3. The molecule has 21 heavy (non-hydrogen) atoms. The molecule has 0 radical (unpaired) electrons. The van der Waals surface area contributed by atoms with Crippen molar-refractivity contribution < 1.29 is 9.59 Å². The molecule has 2 rings (SSSR count). The lowest BCUT2D eigenvalue weighted by atomic mass is 10.0. The maximum Gasteiger partial charge on any atom is 0.238 e. The van der Waals surface area contributed by atoms with Gasteiger partial charge in [0.1, 0.15) is 0 Å². The summed E-state index contributed by atoms with van der Waals surface area (Å²) in [6.07, 6.45) is 2.42. The minimum atomic E-state index is -0.225. The van der Waals surface area contributed by atoms with Crippen LogP contribution in [0.1, 0.15) is 24.0 Å². The highest BCUT2D eigenvalue weighted by atomic mass is 16.2. The molecule has 0 heterocycles. The van der Waals surface area contributed by atoms with Crippen LogP contribution in [0.3, 0.4) is 0 Å². The van der Waals surface area contributed by atoms with Crippen molar-refractivity contribution in [1.29, 1.82) is 0 Å². The third-order valence-electron chi connectivity index (χ3n) is 3.43. The summed E-state index contributed by atoms with van der Waals surface area (Å²) in [7, 11) is 1.90. The Morgan fingerprint density at radius 2 is 1.90 bits per heavy atom. The van der Waals surface area contributed by atoms with Crippen molar-refractivity contribution in [3.63, 3.8) is 0 Å². The average Bonchev–Trinajstić information content (AvgIpc) is 3.24. The number of carbonyl (C=O) groups excluding carboxylic acids is 2. The fraction of sp³-hybridized carbons (Fsp3) is 0.467. The number of hydrogen-bond acceptors (Lipinski definition) is 4. The lowest BCUT2D eigenvalue weighted by Gasteiger charge is -2.18. The molecule has 0 saturated heterocycles. The molecule has 2 amide bonds. The Kier molecular flexibility index (Phi) is 5.30. The highest BCUT2D eigenvalue weighted by molar-refractivity contribution is 5.79. The Balaban J connectivity index is 1.91. The van der Waals surface area contributed by atoms with Gasteiger partial charge in [-0.15, -0.1) is 0 Å². The quantitative estimate of drug-likeness (QED) is 0.373. The summed E-state index contributed by atoms with van der Waals surface area (Å²) < 4.78 is 0. The molecule has 1 aromatic rings. The van der Waals surface area contributed by atoms with Crippen LogP contribution < -0.4 is 16.6 Å². The zero-order chi connectivity index (χ0) is 15.2. The van der Waals surface area contributed by atoms with Gasteiger partial charge in [0.15, 0.2) is 0 Å². The van der Waals surface area contributed by atoms with Crippen LogP contribution in [0.15, 0.2) is 24.3 Å². The van der Waals surface area contributed by atoms with E-state index in [1.807, 2.05) is 36.2 Å². The van der Waals surface area contributed by atoms with E-state index < -0.39 is 0 Å². The molecule has 1 aliphatic carbocycles. The Bertz CT molecular complexity index is 514. The van der Waals surface area contributed by atoms with Gasteiger partial charge in [-0.25, -0.2) is 5.84 Å². The molecule has 1 fully saturated rings. The first-order valence-corrected chi connectivity index (χ1v) is 7.12.